The summed E-state index contributed by atoms with van der Waals surface area (Å²) in [6.07, 6.45) is 0. The SMILES string of the molecule is CNCC(C)C(=O)Nc1ccc(CN(C(C)=O)C(C)C)cc1. The van der Waals surface area contributed by atoms with Crippen molar-refractivity contribution in [2.75, 3.05) is 18.9 Å². The number of carbonyl (C=O) groups is 2. The maximum atomic E-state index is 11.9. The first-order valence-corrected chi connectivity index (χ1v) is 7.66. The monoisotopic (exact) mass is 305 g/mol. The number of hydrogen-bond acceptors (Lipinski definition) is 3. The zero-order valence-corrected chi connectivity index (χ0v) is 14.1. The molecule has 0 aliphatic heterocycles. The summed E-state index contributed by atoms with van der Waals surface area (Å²) in [6, 6.07) is 7.79. The van der Waals surface area contributed by atoms with Crippen molar-refractivity contribution in [1.82, 2.24) is 10.2 Å². The van der Waals surface area contributed by atoms with Crippen LogP contribution in [0.1, 0.15) is 33.3 Å². The fourth-order valence-corrected chi connectivity index (χ4v) is 2.21. The molecule has 5 heteroatoms. The summed E-state index contributed by atoms with van der Waals surface area (Å²) in [6.45, 7) is 8.69. The van der Waals surface area contributed by atoms with E-state index in [-0.39, 0.29) is 23.8 Å². The van der Waals surface area contributed by atoms with Gasteiger partial charge >= 0.3 is 0 Å². The molecule has 122 valence electrons. The van der Waals surface area contributed by atoms with E-state index in [2.05, 4.69) is 10.6 Å². The number of nitrogens with zero attached hydrogens (tertiary/aromatic N) is 1. The Morgan fingerprint density at radius 1 is 1.14 bits per heavy atom. The van der Waals surface area contributed by atoms with E-state index in [4.69, 9.17) is 0 Å². The lowest BCUT2D eigenvalue weighted by molar-refractivity contribution is -0.131. The van der Waals surface area contributed by atoms with Gasteiger partial charge in [-0.3, -0.25) is 9.59 Å². The van der Waals surface area contributed by atoms with Crippen LogP contribution in [0.2, 0.25) is 0 Å². The Labute approximate surface area is 133 Å². The summed E-state index contributed by atoms with van der Waals surface area (Å²) in [7, 11) is 1.83. The molecule has 0 fully saturated rings. The molecule has 1 aromatic carbocycles. The van der Waals surface area contributed by atoms with Crippen LogP contribution in [0.15, 0.2) is 24.3 Å². The van der Waals surface area contributed by atoms with Crippen LogP contribution in [0.3, 0.4) is 0 Å². The van der Waals surface area contributed by atoms with Gasteiger partial charge in [0, 0.05) is 37.7 Å². The first kappa shape index (κ1) is 18.2. The fraction of sp³-hybridized carbons (Fsp3) is 0.529. The zero-order valence-electron chi connectivity index (χ0n) is 14.1. The van der Waals surface area contributed by atoms with Gasteiger partial charge in [-0.2, -0.15) is 0 Å². The molecule has 0 saturated carbocycles. The van der Waals surface area contributed by atoms with E-state index in [1.807, 2.05) is 57.0 Å². The van der Waals surface area contributed by atoms with Gasteiger partial charge in [-0.1, -0.05) is 19.1 Å². The number of benzene rings is 1. The van der Waals surface area contributed by atoms with Gasteiger partial charge in [-0.15, -0.1) is 0 Å². The van der Waals surface area contributed by atoms with Crippen LogP contribution in [0, 0.1) is 5.92 Å². The second kappa shape index (κ2) is 8.54. The van der Waals surface area contributed by atoms with Crippen LogP contribution in [0.25, 0.3) is 0 Å². The molecular formula is C17H27N3O2. The standard InChI is InChI=1S/C17H27N3O2/c1-12(2)20(14(4)21)11-15-6-8-16(9-7-15)19-17(22)13(3)10-18-5/h6-9,12-13,18H,10-11H2,1-5H3,(H,19,22). The molecule has 0 radical (unpaired) electrons. The molecule has 0 heterocycles. The van der Waals surface area contributed by atoms with Crippen LogP contribution in [-0.2, 0) is 16.1 Å². The molecule has 0 saturated heterocycles. The molecule has 0 aromatic heterocycles. The highest BCUT2D eigenvalue weighted by Crippen LogP contribution is 2.14. The van der Waals surface area contributed by atoms with Crippen molar-refractivity contribution in [3.05, 3.63) is 29.8 Å². The Morgan fingerprint density at radius 2 is 1.73 bits per heavy atom. The van der Waals surface area contributed by atoms with Crippen molar-refractivity contribution < 1.29 is 9.59 Å². The third-order valence-electron chi connectivity index (χ3n) is 3.56. The average molecular weight is 305 g/mol. The van der Waals surface area contributed by atoms with Crippen LogP contribution in [0.5, 0.6) is 0 Å². The van der Waals surface area contributed by atoms with Crippen molar-refractivity contribution in [3.63, 3.8) is 0 Å². The smallest absolute Gasteiger partial charge is 0.228 e. The average Bonchev–Trinajstić information content (AvgIpc) is 2.45. The summed E-state index contributed by atoms with van der Waals surface area (Å²) in [5, 5.41) is 5.88. The minimum atomic E-state index is -0.0844. The van der Waals surface area contributed by atoms with Gasteiger partial charge in [-0.25, -0.2) is 0 Å². The van der Waals surface area contributed by atoms with Crippen molar-refractivity contribution in [3.8, 4) is 0 Å². The third-order valence-corrected chi connectivity index (χ3v) is 3.56. The van der Waals surface area contributed by atoms with Gasteiger partial charge in [-0.05, 0) is 38.6 Å². The highest BCUT2D eigenvalue weighted by Gasteiger charge is 2.14. The van der Waals surface area contributed by atoms with E-state index in [0.717, 1.165) is 11.3 Å². The first-order valence-electron chi connectivity index (χ1n) is 7.66. The van der Waals surface area contributed by atoms with Crippen molar-refractivity contribution >= 4 is 17.5 Å². The van der Waals surface area contributed by atoms with E-state index in [1.54, 1.807) is 6.92 Å². The van der Waals surface area contributed by atoms with Crippen LogP contribution in [0.4, 0.5) is 5.69 Å². The van der Waals surface area contributed by atoms with Crippen molar-refractivity contribution in [1.29, 1.82) is 0 Å². The lowest BCUT2D eigenvalue weighted by atomic mass is 10.1. The highest BCUT2D eigenvalue weighted by atomic mass is 16.2. The van der Waals surface area contributed by atoms with E-state index in [9.17, 15) is 9.59 Å². The number of amides is 2. The third kappa shape index (κ3) is 5.48. The molecule has 0 aliphatic carbocycles. The van der Waals surface area contributed by atoms with Crippen LogP contribution >= 0.6 is 0 Å². The Morgan fingerprint density at radius 3 is 2.18 bits per heavy atom. The molecule has 1 atom stereocenters. The quantitative estimate of drug-likeness (QED) is 0.812. The maximum absolute atomic E-state index is 11.9. The van der Waals surface area contributed by atoms with Gasteiger partial charge in [0.25, 0.3) is 0 Å². The zero-order chi connectivity index (χ0) is 16.7. The lowest BCUT2D eigenvalue weighted by Crippen LogP contribution is -2.34. The van der Waals surface area contributed by atoms with Crippen molar-refractivity contribution in [2.24, 2.45) is 5.92 Å². The molecule has 1 rings (SSSR count). The minimum absolute atomic E-state index is 0.00496. The summed E-state index contributed by atoms with van der Waals surface area (Å²) < 4.78 is 0. The van der Waals surface area contributed by atoms with Gasteiger partial charge in [0.2, 0.25) is 11.8 Å². The molecule has 0 bridgehead atoms. The number of hydrogen-bond donors (Lipinski definition) is 2. The second-order valence-corrected chi connectivity index (χ2v) is 5.89. The summed E-state index contributed by atoms with van der Waals surface area (Å²) >= 11 is 0. The molecule has 2 amide bonds. The first-order chi connectivity index (χ1) is 10.3. The number of nitrogens with one attached hydrogen (secondary N) is 2. The summed E-state index contributed by atoms with van der Waals surface area (Å²) in [5.74, 6) is -0.0262. The minimum Gasteiger partial charge on any atom is -0.336 e. The number of rotatable bonds is 7. The fourth-order valence-electron chi connectivity index (χ4n) is 2.21. The molecule has 1 unspecified atom stereocenters. The molecule has 5 nitrogen and oxygen atoms in total. The largest absolute Gasteiger partial charge is 0.336 e. The summed E-state index contributed by atoms with van der Waals surface area (Å²) in [4.78, 5) is 25.3. The maximum Gasteiger partial charge on any atom is 0.228 e. The molecular weight excluding hydrogens is 278 g/mol. The summed E-state index contributed by atoms with van der Waals surface area (Å²) in [5.41, 5.74) is 1.82. The Kier molecular flexibility index (Phi) is 7.05. The molecule has 0 spiro atoms. The lowest BCUT2D eigenvalue weighted by Gasteiger charge is -2.25. The predicted molar refractivity (Wildman–Crippen MR) is 89.5 cm³/mol. The van der Waals surface area contributed by atoms with Crippen molar-refractivity contribution in [2.45, 2.75) is 40.3 Å². The van der Waals surface area contributed by atoms with Gasteiger partial charge in [0.15, 0.2) is 0 Å². The van der Waals surface area contributed by atoms with Gasteiger partial charge in [0.05, 0.1) is 0 Å². The van der Waals surface area contributed by atoms with E-state index in [1.165, 1.54) is 0 Å². The van der Waals surface area contributed by atoms with Gasteiger partial charge in [0.1, 0.15) is 0 Å². The number of carbonyl (C=O) groups excluding carboxylic acids is 2. The topological polar surface area (TPSA) is 61.4 Å². The second-order valence-electron chi connectivity index (χ2n) is 5.89. The van der Waals surface area contributed by atoms with E-state index in [0.29, 0.717) is 13.1 Å². The Balaban J connectivity index is 2.66. The Bertz CT molecular complexity index is 497. The highest BCUT2D eigenvalue weighted by molar-refractivity contribution is 5.92. The molecule has 0 aliphatic rings. The number of anilines is 1. The van der Waals surface area contributed by atoms with Crippen LogP contribution in [-0.4, -0.2) is 36.3 Å². The normalized spacial score (nSPS) is 12.1. The molecule has 1 aromatic rings. The molecule has 22 heavy (non-hydrogen) atoms. The van der Waals surface area contributed by atoms with Gasteiger partial charge < -0.3 is 15.5 Å². The molecule has 2 N–H and O–H groups in total. The Hall–Kier alpha value is -1.88. The van der Waals surface area contributed by atoms with E-state index < -0.39 is 0 Å². The van der Waals surface area contributed by atoms with E-state index >= 15 is 0 Å². The van der Waals surface area contributed by atoms with Crippen LogP contribution < -0.4 is 10.6 Å². The predicted octanol–water partition coefficient (Wildman–Crippen LogP) is 2.24.